The van der Waals surface area contributed by atoms with E-state index in [-0.39, 0.29) is 23.1 Å². The van der Waals surface area contributed by atoms with Gasteiger partial charge in [0.1, 0.15) is 4.21 Å². The van der Waals surface area contributed by atoms with E-state index >= 15 is 0 Å². The molecule has 0 saturated carbocycles. The highest BCUT2D eigenvalue weighted by molar-refractivity contribution is 7.91. The Morgan fingerprint density at radius 1 is 1.20 bits per heavy atom. The highest BCUT2D eigenvalue weighted by Gasteiger charge is 2.23. The third kappa shape index (κ3) is 4.93. The van der Waals surface area contributed by atoms with Gasteiger partial charge in [-0.15, -0.1) is 11.3 Å². The van der Waals surface area contributed by atoms with Crippen LogP contribution in [0.25, 0.3) is 5.69 Å². The summed E-state index contributed by atoms with van der Waals surface area (Å²) < 4.78 is 32.4. The maximum absolute atomic E-state index is 12.4. The van der Waals surface area contributed by atoms with Crippen molar-refractivity contribution in [1.82, 2.24) is 14.1 Å². The number of hydrogen-bond donors (Lipinski definition) is 1. The molecule has 9 nitrogen and oxygen atoms in total. The number of aromatic nitrogens is 2. The minimum atomic E-state index is -3.69. The Morgan fingerprint density at radius 3 is 2.57 bits per heavy atom. The monoisotopic (exact) mass is 448 g/mol. The Morgan fingerprint density at radius 2 is 1.93 bits per heavy atom. The van der Waals surface area contributed by atoms with Crippen molar-refractivity contribution in [2.24, 2.45) is 0 Å². The maximum Gasteiger partial charge on any atom is 0.358 e. The number of thiophene rings is 1. The van der Waals surface area contributed by atoms with Crippen molar-refractivity contribution in [3.8, 4) is 5.69 Å². The summed E-state index contributed by atoms with van der Waals surface area (Å²) in [5.41, 5.74) is 1.38. The number of sulfonamides is 1. The zero-order valence-corrected chi connectivity index (χ0v) is 17.9. The van der Waals surface area contributed by atoms with E-state index in [0.717, 1.165) is 15.6 Å². The number of ether oxygens (including phenoxy) is 1. The van der Waals surface area contributed by atoms with Crippen LogP contribution >= 0.6 is 11.3 Å². The van der Waals surface area contributed by atoms with Gasteiger partial charge in [0.25, 0.3) is 10.0 Å². The number of benzene rings is 1. The summed E-state index contributed by atoms with van der Waals surface area (Å²) in [6.45, 7) is 1.67. The quantitative estimate of drug-likeness (QED) is 0.530. The molecule has 0 radical (unpaired) electrons. The first-order valence-corrected chi connectivity index (χ1v) is 11.3. The van der Waals surface area contributed by atoms with Gasteiger partial charge < -0.3 is 10.1 Å². The lowest BCUT2D eigenvalue weighted by atomic mass is 10.3. The molecule has 2 heterocycles. The van der Waals surface area contributed by atoms with Crippen molar-refractivity contribution < 1.29 is 22.7 Å². The standard InChI is InChI=1S/C19H20N4O5S2/c1-3-28-19(25)16-10-11-23(21-16)15-8-6-14(7-9-15)20-17(24)13-22(2)30(26,27)18-5-4-12-29-18/h4-12H,3,13H2,1-2H3,(H,20,24). The van der Waals surface area contributed by atoms with Crippen molar-refractivity contribution in [3.05, 3.63) is 59.7 Å². The Labute approximate surface area is 177 Å². The number of nitrogens with zero attached hydrogens (tertiary/aromatic N) is 3. The summed E-state index contributed by atoms with van der Waals surface area (Å²) in [7, 11) is -2.34. The highest BCUT2D eigenvalue weighted by Crippen LogP contribution is 2.20. The van der Waals surface area contributed by atoms with Gasteiger partial charge in [-0.25, -0.2) is 17.9 Å². The average Bonchev–Trinajstić information content (AvgIpc) is 3.41. The van der Waals surface area contributed by atoms with Gasteiger partial charge in [-0.2, -0.15) is 9.40 Å². The maximum atomic E-state index is 12.4. The zero-order valence-electron chi connectivity index (χ0n) is 16.3. The Kier molecular flexibility index (Phi) is 6.65. The molecular weight excluding hydrogens is 428 g/mol. The van der Waals surface area contributed by atoms with Crippen LogP contribution in [0.1, 0.15) is 17.4 Å². The summed E-state index contributed by atoms with van der Waals surface area (Å²) in [5, 5.41) is 8.49. The van der Waals surface area contributed by atoms with Crippen LogP contribution in [-0.2, 0) is 19.6 Å². The molecule has 0 atom stereocenters. The molecule has 0 aliphatic carbocycles. The number of rotatable bonds is 8. The number of hydrogen-bond acceptors (Lipinski definition) is 7. The van der Waals surface area contributed by atoms with E-state index in [1.807, 2.05) is 0 Å². The fourth-order valence-corrected chi connectivity index (χ4v) is 4.86. The molecule has 158 valence electrons. The van der Waals surface area contributed by atoms with E-state index in [1.54, 1.807) is 54.9 Å². The van der Waals surface area contributed by atoms with Gasteiger partial charge in [0.2, 0.25) is 5.91 Å². The molecule has 1 N–H and O–H groups in total. The number of likely N-dealkylation sites (N-methyl/N-ethyl adjacent to an activating group) is 1. The van der Waals surface area contributed by atoms with Gasteiger partial charge in [-0.1, -0.05) is 6.07 Å². The van der Waals surface area contributed by atoms with Crippen molar-refractivity contribution in [2.75, 3.05) is 25.5 Å². The molecule has 1 amide bonds. The van der Waals surface area contributed by atoms with Crippen molar-refractivity contribution >= 4 is 38.9 Å². The van der Waals surface area contributed by atoms with E-state index < -0.39 is 21.9 Å². The third-order valence-electron chi connectivity index (χ3n) is 4.02. The number of anilines is 1. The molecule has 2 aromatic heterocycles. The predicted octanol–water partition coefficient (Wildman–Crippen LogP) is 2.37. The lowest BCUT2D eigenvalue weighted by Crippen LogP contribution is -2.34. The van der Waals surface area contributed by atoms with E-state index in [1.165, 1.54) is 17.8 Å². The first-order chi connectivity index (χ1) is 14.3. The van der Waals surface area contributed by atoms with E-state index in [4.69, 9.17) is 4.74 Å². The second kappa shape index (κ2) is 9.20. The van der Waals surface area contributed by atoms with Crippen molar-refractivity contribution in [2.45, 2.75) is 11.1 Å². The molecule has 0 spiro atoms. The largest absolute Gasteiger partial charge is 0.461 e. The van der Waals surface area contributed by atoms with Crippen LogP contribution in [0.3, 0.4) is 0 Å². The summed E-state index contributed by atoms with van der Waals surface area (Å²) in [6, 6.07) is 11.4. The van der Waals surface area contributed by atoms with Crippen LogP contribution < -0.4 is 5.32 Å². The molecule has 0 aliphatic rings. The van der Waals surface area contributed by atoms with Crippen LogP contribution in [0.15, 0.2) is 58.3 Å². The molecule has 11 heteroatoms. The molecular formula is C19H20N4O5S2. The fourth-order valence-electron chi connectivity index (χ4n) is 2.53. The molecule has 0 unspecified atom stereocenters. The number of amides is 1. The van der Waals surface area contributed by atoms with Crippen LogP contribution in [0, 0.1) is 0 Å². The van der Waals surface area contributed by atoms with Crippen LogP contribution in [0.2, 0.25) is 0 Å². The van der Waals surface area contributed by atoms with Gasteiger partial charge in [0, 0.05) is 18.9 Å². The second-order valence-corrected chi connectivity index (χ2v) is 9.37. The molecule has 3 rings (SSSR count). The minimum absolute atomic E-state index is 0.184. The molecule has 0 aliphatic heterocycles. The van der Waals surface area contributed by atoms with Crippen LogP contribution in [-0.4, -0.2) is 54.6 Å². The normalized spacial score (nSPS) is 11.4. The zero-order chi connectivity index (χ0) is 21.7. The van der Waals surface area contributed by atoms with Gasteiger partial charge in [0.05, 0.1) is 18.8 Å². The van der Waals surface area contributed by atoms with Gasteiger partial charge >= 0.3 is 5.97 Å². The number of carbonyl (C=O) groups is 2. The average molecular weight is 449 g/mol. The topological polar surface area (TPSA) is 111 Å². The summed E-state index contributed by atoms with van der Waals surface area (Å²) in [6.07, 6.45) is 1.63. The smallest absolute Gasteiger partial charge is 0.358 e. The minimum Gasteiger partial charge on any atom is -0.461 e. The molecule has 1 aromatic carbocycles. The summed E-state index contributed by atoms with van der Waals surface area (Å²) >= 11 is 1.10. The summed E-state index contributed by atoms with van der Waals surface area (Å²) in [4.78, 5) is 24.0. The second-order valence-electron chi connectivity index (χ2n) is 6.15. The third-order valence-corrected chi connectivity index (χ3v) is 7.19. The van der Waals surface area contributed by atoms with E-state index in [2.05, 4.69) is 10.4 Å². The van der Waals surface area contributed by atoms with Crippen molar-refractivity contribution in [3.63, 3.8) is 0 Å². The SMILES string of the molecule is CCOC(=O)c1ccn(-c2ccc(NC(=O)CN(C)S(=O)(=O)c3cccs3)cc2)n1. The molecule has 0 bridgehead atoms. The molecule has 3 aromatic rings. The molecule has 0 saturated heterocycles. The number of nitrogens with one attached hydrogen (secondary N) is 1. The van der Waals surface area contributed by atoms with Crippen LogP contribution in [0.4, 0.5) is 5.69 Å². The Balaban J connectivity index is 1.62. The number of carbonyl (C=O) groups excluding carboxylic acids is 2. The Hall–Kier alpha value is -3.02. The first-order valence-electron chi connectivity index (χ1n) is 8.94. The van der Waals surface area contributed by atoms with Gasteiger partial charge in [-0.05, 0) is 48.7 Å². The summed E-state index contributed by atoms with van der Waals surface area (Å²) in [5.74, 6) is -0.962. The number of esters is 1. The lowest BCUT2D eigenvalue weighted by molar-refractivity contribution is -0.116. The van der Waals surface area contributed by atoms with Gasteiger partial charge in [-0.3, -0.25) is 4.79 Å². The van der Waals surface area contributed by atoms with E-state index in [9.17, 15) is 18.0 Å². The molecule has 0 fully saturated rings. The van der Waals surface area contributed by atoms with Crippen LogP contribution in [0.5, 0.6) is 0 Å². The Bertz CT molecular complexity index is 1120. The predicted molar refractivity (Wildman–Crippen MR) is 112 cm³/mol. The van der Waals surface area contributed by atoms with Gasteiger partial charge in [0.15, 0.2) is 5.69 Å². The fraction of sp³-hybridized carbons (Fsp3) is 0.211. The molecule has 30 heavy (non-hydrogen) atoms. The van der Waals surface area contributed by atoms with Crippen molar-refractivity contribution in [1.29, 1.82) is 0 Å². The van der Waals surface area contributed by atoms with E-state index in [0.29, 0.717) is 11.4 Å². The first kappa shape index (κ1) is 21.7. The highest BCUT2D eigenvalue weighted by atomic mass is 32.2. The lowest BCUT2D eigenvalue weighted by Gasteiger charge is -2.15.